The normalized spacial score (nSPS) is 10.5. The maximum Gasteiger partial charge on any atom is 0.133 e. The smallest absolute Gasteiger partial charge is 0.133 e. The molecule has 2 heteroatoms. The van der Waals surface area contributed by atoms with Crippen LogP contribution in [0.25, 0.3) is 11.1 Å². The monoisotopic (exact) mass is 218 g/mol. The van der Waals surface area contributed by atoms with Crippen molar-refractivity contribution in [2.24, 2.45) is 0 Å². The van der Waals surface area contributed by atoms with Gasteiger partial charge in [0.1, 0.15) is 11.6 Å². The quantitative estimate of drug-likeness (QED) is 0.671. The third-order valence-corrected chi connectivity index (χ3v) is 2.69. The summed E-state index contributed by atoms with van der Waals surface area (Å²) in [5.74, 6) is -1.03. The molecule has 0 unspecified atom stereocenters. The molecule has 0 amide bonds. The summed E-state index contributed by atoms with van der Waals surface area (Å²) < 4.78 is 27.3. The number of rotatable bonds is 1. The second kappa shape index (κ2) is 4.05. The van der Waals surface area contributed by atoms with Gasteiger partial charge in [-0.15, -0.1) is 0 Å². The van der Waals surface area contributed by atoms with Crippen LogP contribution in [0.1, 0.15) is 11.1 Å². The fraction of sp³-hybridized carbons (Fsp3) is 0.143. The number of halogens is 2. The molecule has 0 heterocycles. The molecule has 0 saturated carbocycles. The molecule has 0 aliphatic rings. The Bertz CT molecular complexity index is 440. The van der Waals surface area contributed by atoms with E-state index in [-0.39, 0.29) is 5.56 Å². The van der Waals surface area contributed by atoms with Gasteiger partial charge in [-0.1, -0.05) is 24.3 Å². The Labute approximate surface area is 93.5 Å². The van der Waals surface area contributed by atoms with Crippen molar-refractivity contribution in [2.75, 3.05) is 0 Å². The number of hydrogen-bond donors (Lipinski definition) is 0. The Hall–Kier alpha value is -1.70. The van der Waals surface area contributed by atoms with E-state index in [1.54, 1.807) is 0 Å². The van der Waals surface area contributed by atoms with Crippen LogP contribution in [-0.2, 0) is 0 Å². The minimum atomic E-state index is -0.516. The minimum Gasteiger partial charge on any atom is -0.206 e. The van der Waals surface area contributed by atoms with E-state index in [9.17, 15) is 8.78 Å². The Morgan fingerprint density at radius 1 is 0.688 bits per heavy atom. The van der Waals surface area contributed by atoms with Crippen molar-refractivity contribution in [1.82, 2.24) is 0 Å². The lowest BCUT2D eigenvalue weighted by atomic mass is 9.95. The van der Waals surface area contributed by atoms with E-state index in [1.165, 1.54) is 18.2 Å². The fourth-order valence-corrected chi connectivity index (χ4v) is 1.95. The van der Waals surface area contributed by atoms with E-state index in [1.807, 2.05) is 32.0 Å². The van der Waals surface area contributed by atoms with Crippen molar-refractivity contribution in [3.63, 3.8) is 0 Å². The molecule has 0 bridgehead atoms. The van der Waals surface area contributed by atoms with Gasteiger partial charge in [-0.2, -0.15) is 0 Å². The van der Waals surface area contributed by atoms with Crippen LogP contribution in [0.5, 0.6) is 0 Å². The molecule has 0 saturated heterocycles. The lowest BCUT2D eigenvalue weighted by Gasteiger charge is -2.11. The van der Waals surface area contributed by atoms with Gasteiger partial charge in [0.15, 0.2) is 0 Å². The van der Waals surface area contributed by atoms with Gasteiger partial charge in [0.05, 0.1) is 5.56 Å². The van der Waals surface area contributed by atoms with Crippen LogP contribution in [-0.4, -0.2) is 0 Å². The first kappa shape index (κ1) is 10.8. The SMILES string of the molecule is Cc1cccc(C)c1-c1c(F)cccc1F. The van der Waals surface area contributed by atoms with Crippen LogP contribution in [0.2, 0.25) is 0 Å². The van der Waals surface area contributed by atoms with Crippen molar-refractivity contribution < 1.29 is 8.78 Å². The highest BCUT2D eigenvalue weighted by molar-refractivity contribution is 5.71. The van der Waals surface area contributed by atoms with Crippen LogP contribution in [0.3, 0.4) is 0 Å². The summed E-state index contributed by atoms with van der Waals surface area (Å²) in [4.78, 5) is 0. The summed E-state index contributed by atoms with van der Waals surface area (Å²) in [5.41, 5.74) is 2.48. The minimum absolute atomic E-state index is 0.0677. The molecule has 0 fully saturated rings. The van der Waals surface area contributed by atoms with Crippen molar-refractivity contribution >= 4 is 0 Å². The highest BCUT2D eigenvalue weighted by atomic mass is 19.1. The molecule has 16 heavy (non-hydrogen) atoms. The molecule has 0 radical (unpaired) electrons. The lowest BCUT2D eigenvalue weighted by Crippen LogP contribution is -1.94. The van der Waals surface area contributed by atoms with Gasteiger partial charge in [-0.3, -0.25) is 0 Å². The second-order valence-corrected chi connectivity index (χ2v) is 3.86. The first-order valence-corrected chi connectivity index (χ1v) is 5.12. The summed E-state index contributed by atoms with van der Waals surface area (Å²) in [7, 11) is 0. The average molecular weight is 218 g/mol. The molecule has 0 aliphatic heterocycles. The number of aryl methyl sites for hydroxylation is 2. The molecule has 0 N–H and O–H groups in total. The van der Waals surface area contributed by atoms with Gasteiger partial charge in [-0.25, -0.2) is 8.78 Å². The van der Waals surface area contributed by atoms with Gasteiger partial charge in [0.25, 0.3) is 0 Å². The number of benzene rings is 2. The second-order valence-electron chi connectivity index (χ2n) is 3.86. The molecule has 2 aromatic carbocycles. The van der Waals surface area contributed by atoms with Gasteiger partial charge in [0.2, 0.25) is 0 Å². The van der Waals surface area contributed by atoms with E-state index >= 15 is 0 Å². The maximum absolute atomic E-state index is 13.7. The molecule has 0 nitrogen and oxygen atoms in total. The van der Waals surface area contributed by atoms with E-state index in [4.69, 9.17) is 0 Å². The Balaban J connectivity index is 2.77. The topological polar surface area (TPSA) is 0 Å². The van der Waals surface area contributed by atoms with Crippen LogP contribution in [0.4, 0.5) is 8.78 Å². The first-order chi connectivity index (χ1) is 7.61. The zero-order valence-electron chi connectivity index (χ0n) is 9.22. The van der Waals surface area contributed by atoms with Crippen LogP contribution < -0.4 is 0 Å². The van der Waals surface area contributed by atoms with Crippen LogP contribution in [0.15, 0.2) is 36.4 Å². The van der Waals surface area contributed by atoms with Crippen molar-refractivity contribution in [2.45, 2.75) is 13.8 Å². The fourth-order valence-electron chi connectivity index (χ4n) is 1.95. The highest BCUT2D eigenvalue weighted by Crippen LogP contribution is 2.31. The largest absolute Gasteiger partial charge is 0.206 e. The zero-order valence-corrected chi connectivity index (χ0v) is 9.22. The van der Waals surface area contributed by atoms with Gasteiger partial charge in [-0.05, 0) is 42.7 Å². The molecule has 0 spiro atoms. The Morgan fingerprint density at radius 3 is 1.62 bits per heavy atom. The van der Waals surface area contributed by atoms with E-state index in [2.05, 4.69) is 0 Å². The molecule has 2 rings (SSSR count). The molecule has 0 aliphatic carbocycles. The van der Waals surface area contributed by atoms with Crippen molar-refractivity contribution in [3.8, 4) is 11.1 Å². The summed E-state index contributed by atoms with van der Waals surface area (Å²) >= 11 is 0. The number of hydrogen-bond acceptors (Lipinski definition) is 0. The first-order valence-electron chi connectivity index (χ1n) is 5.12. The molecule has 0 aromatic heterocycles. The third kappa shape index (κ3) is 1.71. The van der Waals surface area contributed by atoms with Gasteiger partial charge < -0.3 is 0 Å². The summed E-state index contributed by atoms with van der Waals surface area (Å²) in [6.45, 7) is 3.71. The predicted molar refractivity (Wildman–Crippen MR) is 61.3 cm³/mol. The predicted octanol–water partition coefficient (Wildman–Crippen LogP) is 4.25. The Kier molecular flexibility index (Phi) is 2.73. The van der Waals surface area contributed by atoms with Crippen molar-refractivity contribution in [3.05, 3.63) is 59.2 Å². The van der Waals surface area contributed by atoms with Gasteiger partial charge in [0, 0.05) is 0 Å². The summed E-state index contributed by atoms with van der Waals surface area (Å²) in [5, 5.41) is 0. The summed E-state index contributed by atoms with van der Waals surface area (Å²) in [6.07, 6.45) is 0. The van der Waals surface area contributed by atoms with Crippen LogP contribution in [0, 0.1) is 25.5 Å². The zero-order chi connectivity index (χ0) is 11.7. The molecule has 0 atom stereocenters. The summed E-state index contributed by atoms with van der Waals surface area (Å²) in [6, 6.07) is 9.53. The van der Waals surface area contributed by atoms with E-state index < -0.39 is 11.6 Å². The molecular formula is C14H12F2. The van der Waals surface area contributed by atoms with E-state index in [0.29, 0.717) is 5.56 Å². The van der Waals surface area contributed by atoms with Crippen molar-refractivity contribution in [1.29, 1.82) is 0 Å². The third-order valence-electron chi connectivity index (χ3n) is 2.69. The van der Waals surface area contributed by atoms with Crippen LogP contribution >= 0.6 is 0 Å². The maximum atomic E-state index is 13.7. The molecular weight excluding hydrogens is 206 g/mol. The highest BCUT2D eigenvalue weighted by Gasteiger charge is 2.14. The molecule has 2 aromatic rings. The standard InChI is InChI=1S/C14H12F2/c1-9-5-3-6-10(2)13(9)14-11(15)7-4-8-12(14)16/h3-8H,1-2H3. The molecule has 82 valence electrons. The Morgan fingerprint density at radius 2 is 1.12 bits per heavy atom. The lowest BCUT2D eigenvalue weighted by molar-refractivity contribution is 0.589. The van der Waals surface area contributed by atoms with E-state index in [0.717, 1.165) is 11.1 Å². The van der Waals surface area contributed by atoms with Gasteiger partial charge >= 0.3 is 0 Å². The average Bonchev–Trinajstić information content (AvgIpc) is 2.21.